The van der Waals surface area contributed by atoms with Gasteiger partial charge in [-0.3, -0.25) is 4.57 Å². The molecule has 1 aromatic heterocycles. The van der Waals surface area contributed by atoms with E-state index >= 15 is 0 Å². The van der Waals surface area contributed by atoms with E-state index in [9.17, 15) is 13.2 Å². The fraction of sp³-hybridized carbons (Fsp3) is 0.0500. The minimum Gasteiger partial charge on any atom is -0.292 e. The molecule has 0 bridgehead atoms. The largest absolute Gasteiger partial charge is 0.416 e. The molecular weight excluding hydrogens is 325 g/mol. The average molecular weight is 338 g/mol. The Kier molecular flexibility index (Phi) is 3.57. The van der Waals surface area contributed by atoms with Crippen LogP contribution in [-0.4, -0.2) is 9.55 Å². The highest BCUT2D eigenvalue weighted by Gasteiger charge is 2.30. The molecule has 3 aromatic carbocycles. The Morgan fingerprint density at radius 2 is 1.36 bits per heavy atom. The molecule has 0 aliphatic heterocycles. The number of nitrogens with zero attached hydrogens (tertiary/aromatic N) is 2. The van der Waals surface area contributed by atoms with Crippen LogP contribution in [0.3, 0.4) is 0 Å². The molecule has 124 valence electrons. The van der Waals surface area contributed by atoms with Crippen molar-refractivity contribution in [3.8, 4) is 17.1 Å². The van der Waals surface area contributed by atoms with Crippen molar-refractivity contribution in [2.24, 2.45) is 0 Å². The third-order valence-corrected chi connectivity index (χ3v) is 4.05. The number of alkyl halides is 3. The van der Waals surface area contributed by atoms with Crippen molar-refractivity contribution < 1.29 is 13.2 Å². The second kappa shape index (κ2) is 5.77. The van der Waals surface area contributed by atoms with Crippen molar-refractivity contribution in [3.05, 3.63) is 84.4 Å². The lowest BCUT2D eigenvalue weighted by molar-refractivity contribution is -0.137. The highest BCUT2D eigenvalue weighted by molar-refractivity contribution is 5.83. The average Bonchev–Trinajstić information content (AvgIpc) is 3.01. The quantitative estimate of drug-likeness (QED) is 0.458. The smallest absolute Gasteiger partial charge is 0.292 e. The van der Waals surface area contributed by atoms with Crippen LogP contribution in [0.1, 0.15) is 5.56 Å². The second-order valence-electron chi connectivity index (χ2n) is 5.67. The monoisotopic (exact) mass is 338 g/mol. The van der Waals surface area contributed by atoms with E-state index in [1.54, 1.807) is 0 Å². The molecule has 0 aliphatic carbocycles. The molecule has 2 nitrogen and oxygen atoms in total. The summed E-state index contributed by atoms with van der Waals surface area (Å²) < 4.78 is 40.4. The molecule has 5 heteroatoms. The highest BCUT2D eigenvalue weighted by Crippen LogP contribution is 2.32. The minimum absolute atomic E-state index is 0.612. The van der Waals surface area contributed by atoms with Gasteiger partial charge in [0.25, 0.3) is 0 Å². The van der Waals surface area contributed by atoms with Crippen LogP contribution >= 0.6 is 0 Å². The van der Waals surface area contributed by atoms with Gasteiger partial charge in [0.05, 0.1) is 16.6 Å². The topological polar surface area (TPSA) is 17.8 Å². The first kappa shape index (κ1) is 15.4. The summed E-state index contributed by atoms with van der Waals surface area (Å²) in [6.45, 7) is 0. The van der Waals surface area contributed by atoms with E-state index in [1.807, 2.05) is 59.2 Å². The lowest BCUT2D eigenvalue weighted by Gasteiger charge is -2.11. The number of halogens is 3. The Balaban J connectivity index is 1.93. The van der Waals surface area contributed by atoms with Crippen LogP contribution in [0.25, 0.3) is 28.1 Å². The van der Waals surface area contributed by atoms with Gasteiger partial charge in [-0.15, -0.1) is 0 Å². The molecule has 0 radical (unpaired) electrons. The van der Waals surface area contributed by atoms with Crippen LogP contribution in [0, 0.1) is 0 Å². The van der Waals surface area contributed by atoms with Crippen LogP contribution < -0.4 is 0 Å². The van der Waals surface area contributed by atoms with Crippen LogP contribution in [0.4, 0.5) is 13.2 Å². The summed E-state index contributed by atoms with van der Waals surface area (Å²) in [5.41, 5.74) is 2.57. The van der Waals surface area contributed by atoms with Crippen LogP contribution in [0.2, 0.25) is 0 Å². The zero-order valence-electron chi connectivity index (χ0n) is 13.0. The SMILES string of the molecule is FC(F)(F)c1ccc(-c2nc3ccccc3n2-c2ccccc2)cc1. The van der Waals surface area contributed by atoms with Gasteiger partial charge in [0.2, 0.25) is 0 Å². The molecule has 0 saturated carbocycles. The van der Waals surface area contributed by atoms with Crippen molar-refractivity contribution in [2.75, 3.05) is 0 Å². The molecule has 4 rings (SSSR count). The van der Waals surface area contributed by atoms with Gasteiger partial charge in [-0.05, 0) is 36.4 Å². The van der Waals surface area contributed by atoms with Gasteiger partial charge in [-0.2, -0.15) is 13.2 Å². The Hall–Kier alpha value is -3.08. The summed E-state index contributed by atoms with van der Waals surface area (Å²) in [5.74, 6) is 0.612. The van der Waals surface area contributed by atoms with Crippen LogP contribution in [-0.2, 0) is 6.18 Å². The summed E-state index contributed by atoms with van der Waals surface area (Å²) in [6, 6.07) is 22.4. The van der Waals surface area contributed by atoms with Gasteiger partial charge in [-0.25, -0.2) is 4.98 Å². The third-order valence-electron chi connectivity index (χ3n) is 4.05. The van der Waals surface area contributed by atoms with Crippen LogP contribution in [0.15, 0.2) is 78.9 Å². The molecule has 4 aromatic rings. The van der Waals surface area contributed by atoms with Gasteiger partial charge in [0, 0.05) is 11.3 Å². The molecule has 25 heavy (non-hydrogen) atoms. The molecule has 0 amide bonds. The first-order chi connectivity index (χ1) is 12.0. The summed E-state index contributed by atoms with van der Waals surface area (Å²) in [6.07, 6.45) is -4.35. The van der Waals surface area contributed by atoms with E-state index in [2.05, 4.69) is 4.98 Å². The predicted octanol–water partition coefficient (Wildman–Crippen LogP) is 5.71. The van der Waals surface area contributed by atoms with Crippen molar-refractivity contribution in [3.63, 3.8) is 0 Å². The van der Waals surface area contributed by atoms with Crippen molar-refractivity contribution in [2.45, 2.75) is 6.18 Å². The number of rotatable bonds is 2. The standard InChI is InChI=1S/C20H13F3N2/c21-20(22,23)15-12-10-14(11-13-15)19-24-17-8-4-5-9-18(17)25(19)16-6-2-1-3-7-16/h1-13H. The van der Waals surface area contributed by atoms with E-state index < -0.39 is 11.7 Å². The maximum absolute atomic E-state index is 12.8. The molecule has 0 aliphatic rings. The van der Waals surface area contributed by atoms with Gasteiger partial charge in [0.1, 0.15) is 5.82 Å². The van der Waals surface area contributed by atoms with Crippen LogP contribution in [0.5, 0.6) is 0 Å². The normalized spacial score (nSPS) is 11.8. The van der Waals surface area contributed by atoms with E-state index in [1.165, 1.54) is 12.1 Å². The Morgan fingerprint density at radius 1 is 0.720 bits per heavy atom. The number of imidazole rings is 1. The lowest BCUT2D eigenvalue weighted by Crippen LogP contribution is -2.04. The van der Waals surface area contributed by atoms with E-state index in [0.717, 1.165) is 28.9 Å². The minimum atomic E-state index is -4.35. The molecule has 0 N–H and O–H groups in total. The Bertz CT molecular complexity index is 1020. The van der Waals surface area contributed by atoms with Crippen molar-refractivity contribution in [1.82, 2.24) is 9.55 Å². The zero-order chi connectivity index (χ0) is 17.4. The fourth-order valence-electron chi connectivity index (χ4n) is 2.87. The van der Waals surface area contributed by atoms with E-state index in [0.29, 0.717) is 11.4 Å². The van der Waals surface area contributed by atoms with Gasteiger partial charge >= 0.3 is 6.18 Å². The van der Waals surface area contributed by atoms with Crippen molar-refractivity contribution >= 4 is 11.0 Å². The predicted molar refractivity (Wildman–Crippen MR) is 91.5 cm³/mol. The van der Waals surface area contributed by atoms with E-state index in [4.69, 9.17) is 0 Å². The zero-order valence-corrected chi connectivity index (χ0v) is 13.0. The molecular formula is C20H13F3N2. The Labute approximate surface area is 142 Å². The van der Waals surface area contributed by atoms with E-state index in [-0.39, 0.29) is 0 Å². The third kappa shape index (κ3) is 2.78. The first-order valence-corrected chi connectivity index (χ1v) is 7.74. The molecule has 0 unspecified atom stereocenters. The number of benzene rings is 3. The first-order valence-electron chi connectivity index (χ1n) is 7.74. The highest BCUT2D eigenvalue weighted by atomic mass is 19.4. The number of para-hydroxylation sites is 3. The number of hydrogen-bond donors (Lipinski definition) is 0. The fourth-order valence-corrected chi connectivity index (χ4v) is 2.87. The molecule has 0 atom stereocenters. The number of fused-ring (bicyclic) bond motifs is 1. The lowest BCUT2D eigenvalue weighted by atomic mass is 10.1. The van der Waals surface area contributed by atoms with Crippen molar-refractivity contribution in [1.29, 1.82) is 0 Å². The summed E-state index contributed by atoms with van der Waals surface area (Å²) in [5, 5.41) is 0. The maximum atomic E-state index is 12.8. The Morgan fingerprint density at radius 3 is 2.04 bits per heavy atom. The molecule has 0 spiro atoms. The second-order valence-corrected chi connectivity index (χ2v) is 5.67. The summed E-state index contributed by atoms with van der Waals surface area (Å²) in [4.78, 5) is 4.63. The van der Waals surface area contributed by atoms with Gasteiger partial charge in [0.15, 0.2) is 0 Å². The molecule has 1 heterocycles. The summed E-state index contributed by atoms with van der Waals surface area (Å²) >= 11 is 0. The molecule has 0 saturated heterocycles. The van der Waals surface area contributed by atoms with Gasteiger partial charge < -0.3 is 0 Å². The summed E-state index contributed by atoms with van der Waals surface area (Å²) in [7, 11) is 0. The maximum Gasteiger partial charge on any atom is 0.416 e. The number of aromatic nitrogens is 2. The number of hydrogen-bond acceptors (Lipinski definition) is 1. The molecule has 0 fully saturated rings. The van der Waals surface area contributed by atoms with Gasteiger partial charge in [-0.1, -0.05) is 42.5 Å².